The summed E-state index contributed by atoms with van der Waals surface area (Å²) in [6.07, 6.45) is 40.8. The van der Waals surface area contributed by atoms with Crippen LogP contribution in [0.2, 0.25) is 0 Å². The maximum Gasteiger partial charge on any atom is 0.234 e. The second-order valence-electron chi connectivity index (χ2n) is 39.3. The maximum absolute atomic E-state index is 7.02. The normalized spacial score (nSPS) is 25.4. The molecule has 2 aromatic rings. The van der Waals surface area contributed by atoms with Crippen LogP contribution in [-0.4, -0.2) is 184 Å². The molecule has 22 nitrogen and oxygen atoms in total. The van der Waals surface area contributed by atoms with Gasteiger partial charge in [-0.2, -0.15) is 50.2 Å². The van der Waals surface area contributed by atoms with Gasteiger partial charge in [0.05, 0.1) is 24.4 Å². The first-order valence-electron chi connectivity index (χ1n) is 43.2. The molecule has 0 amide bonds. The molecule has 106 heavy (non-hydrogen) atoms. The van der Waals surface area contributed by atoms with Crippen molar-refractivity contribution in [3.63, 3.8) is 0 Å². The molecule has 4 saturated heterocycles. The number of hydrogen-bond acceptors (Lipinski definition) is 22. The molecule has 606 valence electrons. The lowest BCUT2D eigenvalue weighted by atomic mass is 9.71. The molecule has 0 spiro atoms. The maximum atomic E-state index is 7.02. The predicted molar refractivity (Wildman–Crippen MR) is 432 cm³/mol. The summed E-state index contributed by atoms with van der Waals surface area (Å²) in [7, 11) is 3.58. The zero-order valence-electron chi connectivity index (χ0n) is 70.9. The molecule has 4 saturated carbocycles. The molecular formula is C84H154N16O6. The zero-order valence-corrected chi connectivity index (χ0v) is 70.9. The van der Waals surface area contributed by atoms with Crippen LogP contribution in [0.15, 0.2) is 0 Å². The number of unbranched alkanes of at least 4 members (excludes halogenated alkanes) is 3. The van der Waals surface area contributed by atoms with Crippen LogP contribution < -0.4 is 31.1 Å². The van der Waals surface area contributed by atoms with E-state index in [2.05, 4.69) is 176 Å². The lowest BCUT2D eigenvalue weighted by molar-refractivity contribution is -0.314. The molecule has 8 fully saturated rings. The Morgan fingerprint density at radius 2 is 0.604 bits per heavy atom. The van der Waals surface area contributed by atoms with Crippen molar-refractivity contribution in [3.8, 4) is 0 Å². The molecular weight excluding hydrogens is 1330 g/mol. The van der Waals surface area contributed by atoms with E-state index >= 15 is 0 Å². The Kier molecular flexibility index (Phi) is 29.6. The highest BCUT2D eigenvalue weighted by molar-refractivity contribution is 5.47. The molecule has 6 heterocycles. The van der Waals surface area contributed by atoms with Crippen LogP contribution in [-0.2, 0) is 28.8 Å². The van der Waals surface area contributed by atoms with Gasteiger partial charge in [-0.05, 0) is 251 Å². The van der Waals surface area contributed by atoms with Gasteiger partial charge in [0.15, 0.2) is 0 Å². The standard InChI is InChI=1S/C84H154N16O6/c1-21-39-69(61-51-77(3,4)97(78(5,6)52-61)103-65-41-29-25-30-42-65)87-73-89-71(91-75(93-73)95(59-101-19)63-55-81(11,12)99(82(13,14)56-63)105-67-45-33-27-34-46-67)85-49-37-23-24-38-50-86-72-90-74(88-70(40-22-2)62-53-79(7,8)98(80(9,10)54-62)104-66-43-31-26-32-44-66)94-76(92-72)96(60-102-20)64-57-83(15,16)100(84(17,18)58-64)106-68-47-35-28-36-48-68/h61-70H,21-60H2,1-20H3,(H2,85,87,89,91,93)(H2,86,88,90,92,94). The minimum atomic E-state index is -0.256. The van der Waals surface area contributed by atoms with Crippen molar-refractivity contribution < 1.29 is 28.8 Å². The number of piperidine rings is 4. The van der Waals surface area contributed by atoms with Crippen molar-refractivity contribution in [2.24, 2.45) is 11.8 Å². The van der Waals surface area contributed by atoms with Gasteiger partial charge in [0.2, 0.25) is 35.7 Å². The van der Waals surface area contributed by atoms with Crippen molar-refractivity contribution in [3.05, 3.63) is 0 Å². The minimum absolute atomic E-state index is 0.0813. The Hall–Kier alpha value is -3.58. The second-order valence-corrected chi connectivity index (χ2v) is 39.3. The second kappa shape index (κ2) is 36.9. The first-order valence-corrected chi connectivity index (χ1v) is 43.2. The van der Waals surface area contributed by atoms with Crippen molar-refractivity contribution in [2.45, 2.75) is 449 Å². The fourth-order valence-corrected chi connectivity index (χ4v) is 21.5. The molecule has 8 aliphatic rings. The first-order chi connectivity index (χ1) is 50.2. The van der Waals surface area contributed by atoms with Crippen molar-refractivity contribution >= 4 is 35.7 Å². The molecule has 4 aliphatic carbocycles. The number of ether oxygens (including phenoxy) is 2. The van der Waals surface area contributed by atoms with Crippen molar-refractivity contribution in [1.29, 1.82) is 0 Å². The SMILES string of the molecule is CCCC(Nc1nc(NCCCCCCNc2nc(NC(CCC)C3CC(C)(C)N(OC4CCCCC4)C(C)(C)C3)nc(N(COC)C3CC(C)(C)N(OC4CCCCC4)C(C)(C)C3)n2)nc(N(COC)C2CC(C)(C)N(OC3CCCCC3)C(C)(C)C2)n1)C1CC(C)(C)N(OC2CCCCC2)C(C)(C)C1. The Bertz CT molecular complexity index is 2710. The van der Waals surface area contributed by atoms with Crippen LogP contribution in [0.1, 0.15) is 356 Å². The van der Waals surface area contributed by atoms with Gasteiger partial charge in [-0.1, -0.05) is 117 Å². The van der Waals surface area contributed by atoms with Crippen LogP contribution in [0.3, 0.4) is 0 Å². The highest BCUT2D eigenvalue weighted by atomic mass is 16.7. The Morgan fingerprint density at radius 3 is 0.858 bits per heavy atom. The largest absolute Gasteiger partial charge is 0.364 e. The van der Waals surface area contributed by atoms with E-state index < -0.39 is 0 Å². The van der Waals surface area contributed by atoms with Crippen molar-refractivity contribution in [1.82, 2.24) is 50.2 Å². The Morgan fingerprint density at radius 1 is 0.349 bits per heavy atom. The van der Waals surface area contributed by atoms with Crippen LogP contribution in [0.4, 0.5) is 35.7 Å². The molecule has 0 radical (unpaired) electrons. The number of hydroxylamine groups is 8. The monoisotopic (exact) mass is 1480 g/mol. The number of nitrogens with zero attached hydrogens (tertiary/aromatic N) is 12. The molecule has 4 aliphatic heterocycles. The van der Waals surface area contributed by atoms with E-state index in [0.29, 0.717) is 73.2 Å². The summed E-state index contributed by atoms with van der Waals surface area (Å²) >= 11 is 0. The average molecular weight is 1480 g/mol. The van der Waals surface area contributed by atoms with Gasteiger partial charge in [-0.15, -0.1) is 0 Å². The van der Waals surface area contributed by atoms with Gasteiger partial charge in [0.25, 0.3) is 0 Å². The van der Waals surface area contributed by atoms with Crippen molar-refractivity contribution in [2.75, 3.05) is 71.8 Å². The third-order valence-electron chi connectivity index (χ3n) is 25.4. The lowest BCUT2D eigenvalue weighted by Gasteiger charge is -2.56. The Labute approximate surface area is 643 Å². The molecule has 4 N–H and O–H groups in total. The number of rotatable bonds is 35. The quantitative estimate of drug-likeness (QED) is 0.0375. The topological polar surface area (TPSA) is 200 Å². The number of methoxy groups -OCH3 is 2. The number of nitrogens with one attached hydrogen (secondary N) is 4. The van der Waals surface area contributed by atoms with E-state index in [9.17, 15) is 0 Å². The van der Waals surface area contributed by atoms with E-state index in [1.807, 2.05) is 0 Å². The number of hydrogen-bond donors (Lipinski definition) is 4. The van der Waals surface area contributed by atoms with Gasteiger partial charge in [0, 0.05) is 95.8 Å². The summed E-state index contributed by atoms with van der Waals surface area (Å²) in [6.45, 7) is 44.6. The summed E-state index contributed by atoms with van der Waals surface area (Å²) in [5.74, 6) is 4.41. The molecule has 0 aromatic carbocycles. The molecule has 2 atom stereocenters. The van der Waals surface area contributed by atoms with Crippen LogP contribution in [0, 0.1) is 11.8 Å². The number of anilines is 6. The lowest BCUT2D eigenvalue weighted by Crippen LogP contribution is -2.65. The zero-order chi connectivity index (χ0) is 76.3. The van der Waals surface area contributed by atoms with E-state index in [1.54, 1.807) is 14.2 Å². The van der Waals surface area contributed by atoms with Crippen LogP contribution >= 0.6 is 0 Å². The van der Waals surface area contributed by atoms with Gasteiger partial charge in [-0.25, -0.2) is 0 Å². The number of aromatic nitrogens is 6. The van der Waals surface area contributed by atoms with E-state index in [0.717, 1.165) is 167 Å². The molecule has 22 heteroatoms. The summed E-state index contributed by atoms with van der Waals surface area (Å²) in [5, 5.41) is 25.0. The predicted octanol–water partition coefficient (Wildman–Crippen LogP) is 18.8. The molecule has 2 aromatic heterocycles. The van der Waals surface area contributed by atoms with Crippen LogP contribution in [0.5, 0.6) is 0 Å². The molecule has 0 bridgehead atoms. The first kappa shape index (κ1) is 84.9. The van der Waals surface area contributed by atoms with E-state index in [-0.39, 0.29) is 80.7 Å². The minimum Gasteiger partial charge on any atom is -0.364 e. The summed E-state index contributed by atoms with van der Waals surface area (Å²) in [5.41, 5.74) is -1.67. The van der Waals surface area contributed by atoms with Crippen LogP contribution in [0.25, 0.3) is 0 Å². The van der Waals surface area contributed by atoms with E-state index in [4.69, 9.17) is 58.7 Å². The fourth-order valence-electron chi connectivity index (χ4n) is 21.5. The Balaban J connectivity index is 0.853. The highest BCUT2D eigenvalue weighted by Crippen LogP contribution is 2.50. The summed E-state index contributed by atoms with van der Waals surface area (Å²) in [4.78, 5) is 64.8. The van der Waals surface area contributed by atoms with Gasteiger partial charge in [0.1, 0.15) is 13.5 Å². The van der Waals surface area contributed by atoms with Gasteiger partial charge < -0.3 is 40.5 Å². The molecule has 10 rings (SSSR count). The van der Waals surface area contributed by atoms with E-state index in [1.165, 1.54) is 77.0 Å². The molecule has 2 unspecified atom stereocenters. The average Bonchev–Trinajstić information content (AvgIpc) is 0.770. The summed E-state index contributed by atoms with van der Waals surface area (Å²) in [6, 6.07) is 0.458. The van der Waals surface area contributed by atoms with Gasteiger partial charge >= 0.3 is 0 Å². The highest BCUT2D eigenvalue weighted by Gasteiger charge is 2.54. The summed E-state index contributed by atoms with van der Waals surface area (Å²) < 4.78 is 12.3. The smallest absolute Gasteiger partial charge is 0.234 e. The fraction of sp³-hybridized carbons (Fsp3) is 0.929. The third kappa shape index (κ3) is 22.2. The van der Waals surface area contributed by atoms with Gasteiger partial charge in [-0.3, -0.25) is 19.4 Å². The third-order valence-corrected chi connectivity index (χ3v) is 25.4.